The minimum absolute atomic E-state index is 0.0524. The van der Waals surface area contributed by atoms with E-state index in [1.165, 1.54) is 4.90 Å². The van der Waals surface area contributed by atoms with Crippen LogP contribution in [0.1, 0.15) is 55.9 Å². The molecule has 0 heterocycles. The summed E-state index contributed by atoms with van der Waals surface area (Å²) in [7, 11) is -4.08. The quantitative estimate of drug-likeness (QED) is 0.314. The summed E-state index contributed by atoms with van der Waals surface area (Å²) in [5, 5.41) is 3.00. The van der Waals surface area contributed by atoms with Gasteiger partial charge in [-0.2, -0.15) is 0 Å². The summed E-state index contributed by atoms with van der Waals surface area (Å²) in [4.78, 5) is 29.1. The van der Waals surface area contributed by atoms with E-state index < -0.39 is 28.5 Å². The first kappa shape index (κ1) is 30.9. The highest BCUT2D eigenvalue weighted by Gasteiger charge is 2.34. The van der Waals surface area contributed by atoms with Gasteiger partial charge in [0.2, 0.25) is 11.8 Å². The third-order valence-corrected chi connectivity index (χ3v) is 8.82. The Kier molecular flexibility index (Phi) is 10.5. The molecule has 0 aliphatic rings. The Morgan fingerprint density at radius 3 is 1.98 bits per heavy atom. The molecule has 0 fully saturated rings. The van der Waals surface area contributed by atoms with Crippen molar-refractivity contribution in [2.45, 2.75) is 77.9 Å². The Morgan fingerprint density at radius 2 is 1.43 bits per heavy atom. The second kappa shape index (κ2) is 13.6. The first-order valence-corrected chi connectivity index (χ1v) is 15.2. The van der Waals surface area contributed by atoms with E-state index >= 15 is 0 Å². The molecule has 0 spiro atoms. The monoisotopic (exact) mass is 563 g/mol. The van der Waals surface area contributed by atoms with Crippen molar-refractivity contribution in [2.24, 2.45) is 0 Å². The third kappa shape index (κ3) is 7.72. The van der Waals surface area contributed by atoms with E-state index in [2.05, 4.69) is 5.32 Å². The first-order valence-electron chi connectivity index (χ1n) is 13.8. The van der Waals surface area contributed by atoms with Gasteiger partial charge in [-0.15, -0.1) is 0 Å². The van der Waals surface area contributed by atoms with Crippen molar-refractivity contribution in [1.29, 1.82) is 0 Å². The minimum Gasteiger partial charge on any atom is -0.352 e. The number of aryl methyl sites for hydroxylation is 3. The van der Waals surface area contributed by atoms with Gasteiger partial charge in [-0.05, 0) is 70.4 Å². The van der Waals surface area contributed by atoms with E-state index in [1.54, 1.807) is 36.4 Å². The lowest BCUT2D eigenvalue weighted by atomic mass is 10.1. The average Bonchev–Trinajstić information content (AvgIpc) is 2.92. The topological polar surface area (TPSA) is 86.8 Å². The van der Waals surface area contributed by atoms with Gasteiger partial charge in [0.05, 0.1) is 10.6 Å². The molecule has 3 aromatic rings. The molecule has 0 aliphatic heterocycles. The van der Waals surface area contributed by atoms with Gasteiger partial charge >= 0.3 is 0 Å². The normalized spacial score (nSPS) is 12.8. The molecule has 0 aromatic heterocycles. The van der Waals surface area contributed by atoms with Crippen LogP contribution in [0.5, 0.6) is 0 Å². The summed E-state index contributed by atoms with van der Waals surface area (Å²) >= 11 is 0. The smallest absolute Gasteiger partial charge is 0.264 e. The molecule has 0 aliphatic carbocycles. The van der Waals surface area contributed by atoms with E-state index in [9.17, 15) is 18.0 Å². The highest BCUT2D eigenvalue weighted by atomic mass is 32.2. The van der Waals surface area contributed by atoms with Crippen LogP contribution in [-0.4, -0.2) is 43.8 Å². The lowest BCUT2D eigenvalue weighted by molar-refractivity contribution is -0.140. The fourth-order valence-corrected chi connectivity index (χ4v) is 5.86. The summed E-state index contributed by atoms with van der Waals surface area (Å²) in [6, 6.07) is 20.6. The zero-order valence-corrected chi connectivity index (χ0v) is 25.2. The number of amides is 2. The summed E-state index contributed by atoms with van der Waals surface area (Å²) in [5.41, 5.74) is 4.18. The second-order valence-corrected chi connectivity index (χ2v) is 12.3. The molecule has 0 radical (unpaired) electrons. The molecule has 40 heavy (non-hydrogen) atoms. The fraction of sp³-hybridized carbons (Fsp3) is 0.375. The highest BCUT2D eigenvalue weighted by Crippen LogP contribution is 2.25. The van der Waals surface area contributed by atoms with Gasteiger partial charge in [0.1, 0.15) is 12.6 Å². The Balaban J connectivity index is 2.05. The molecule has 0 bridgehead atoms. The van der Waals surface area contributed by atoms with Crippen molar-refractivity contribution in [3.8, 4) is 0 Å². The summed E-state index contributed by atoms with van der Waals surface area (Å²) in [5.74, 6) is -0.704. The maximum atomic E-state index is 14.1. The van der Waals surface area contributed by atoms with E-state index in [0.29, 0.717) is 12.1 Å². The van der Waals surface area contributed by atoms with Gasteiger partial charge < -0.3 is 10.2 Å². The van der Waals surface area contributed by atoms with E-state index in [-0.39, 0.29) is 23.4 Å². The predicted molar refractivity (Wildman–Crippen MR) is 161 cm³/mol. The standard InChI is InChI=1S/C32H41N3O4S/c1-7-26(6)33-32(37)30(8-2)34(21-27-11-9-10-25(5)20-27)31(36)22-35(28-16-12-23(3)13-17-28)40(38,39)29-18-14-24(4)15-19-29/h9-20,26,30H,7-8,21-22H2,1-6H3,(H,33,37)/t26-,30+/m0/s1. The largest absolute Gasteiger partial charge is 0.352 e. The molecule has 8 heteroatoms. The maximum absolute atomic E-state index is 14.1. The average molecular weight is 564 g/mol. The molecule has 0 saturated carbocycles. The van der Waals surface area contributed by atoms with Crippen LogP contribution in [-0.2, 0) is 26.2 Å². The number of rotatable bonds is 12. The molecule has 7 nitrogen and oxygen atoms in total. The van der Waals surface area contributed by atoms with Gasteiger partial charge in [-0.25, -0.2) is 8.42 Å². The van der Waals surface area contributed by atoms with Crippen LogP contribution in [0.2, 0.25) is 0 Å². The number of carbonyl (C=O) groups excluding carboxylic acids is 2. The first-order chi connectivity index (χ1) is 19.0. The van der Waals surface area contributed by atoms with Crippen molar-refractivity contribution in [3.05, 3.63) is 95.1 Å². The number of anilines is 1. The molecule has 3 aromatic carbocycles. The van der Waals surface area contributed by atoms with Crippen LogP contribution in [0, 0.1) is 20.8 Å². The fourth-order valence-electron chi connectivity index (χ4n) is 4.45. The number of nitrogens with zero attached hydrogens (tertiary/aromatic N) is 2. The lowest BCUT2D eigenvalue weighted by Gasteiger charge is -2.33. The van der Waals surface area contributed by atoms with Crippen molar-refractivity contribution in [3.63, 3.8) is 0 Å². The lowest BCUT2D eigenvalue weighted by Crippen LogP contribution is -2.53. The van der Waals surface area contributed by atoms with Crippen LogP contribution in [0.15, 0.2) is 77.7 Å². The molecule has 2 atom stereocenters. The Bertz CT molecular complexity index is 1400. The molecule has 0 saturated heterocycles. The molecular formula is C32H41N3O4S. The van der Waals surface area contributed by atoms with Crippen molar-refractivity contribution < 1.29 is 18.0 Å². The maximum Gasteiger partial charge on any atom is 0.264 e. The Morgan fingerprint density at radius 1 is 0.825 bits per heavy atom. The van der Waals surface area contributed by atoms with Crippen LogP contribution in [0.25, 0.3) is 0 Å². The van der Waals surface area contributed by atoms with E-state index in [0.717, 1.165) is 33.0 Å². The highest BCUT2D eigenvalue weighted by molar-refractivity contribution is 7.92. The van der Waals surface area contributed by atoms with Crippen molar-refractivity contribution in [2.75, 3.05) is 10.8 Å². The van der Waals surface area contributed by atoms with Crippen LogP contribution < -0.4 is 9.62 Å². The number of benzene rings is 3. The van der Waals surface area contributed by atoms with E-state index in [1.807, 2.05) is 77.9 Å². The van der Waals surface area contributed by atoms with Gasteiger partial charge in [0.15, 0.2) is 0 Å². The van der Waals surface area contributed by atoms with Crippen LogP contribution in [0.4, 0.5) is 5.69 Å². The second-order valence-electron chi connectivity index (χ2n) is 10.4. The summed E-state index contributed by atoms with van der Waals surface area (Å²) in [6.45, 7) is 11.3. The van der Waals surface area contributed by atoms with Gasteiger partial charge in [-0.3, -0.25) is 13.9 Å². The predicted octanol–water partition coefficient (Wildman–Crippen LogP) is 5.53. The van der Waals surface area contributed by atoms with Gasteiger partial charge in [-0.1, -0.05) is 79.1 Å². The number of hydrogen-bond acceptors (Lipinski definition) is 4. The number of hydrogen-bond donors (Lipinski definition) is 1. The zero-order chi connectivity index (χ0) is 29.4. The third-order valence-electron chi connectivity index (χ3n) is 7.03. The number of sulfonamides is 1. The molecule has 3 rings (SSSR count). The van der Waals surface area contributed by atoms with Crippen LogP contribution in [0.3, 0.4) is 0 Å². The molecule has 0 unspecified atom stereocenters. The number of carbonyl (C=O) groups is 2. The van der Waals surface area contributed by atoms with Crippen molar-refractivity contribution >= 4 is 27.5 Å². The Labute approximate surface area is 239 Å². The SMILES string of the molecule is CC[C@H](C(=O)N[C@@H](C)CC)N(Cc1cccc(C)c1)C(=O)CN(c1ccc(C)cc1)S(=O)(=O)c1ccc(C)cc1. The van der Waals surface area contributed by atoms with Gasteiger partial charge in [0.25, 0.3) is 10.0 Å². The molecular weight excluding hydrogens is 522 g/mol. The van der Waals surface area contributed by atoms with Crippen LogP contribution >= 0.6 is 0 Å². The number of nitrogens with one attached hydrogen (secondary N) is 1. The molecule has 2 amide bonds. The van der Waals surface area contributed by atoms with E-state index in [4.69, 9.17) is 0 Å². The zero-order valence-electron chi connectivity index (χ0n) is 24.3. The molecule has 214 valence electrons. The summed E-state index contributed by atoms with van der Waals surface area (Å²) < 4.78 is 29.0. The Hall–Kier alpha value is -3.65. The minimum atomic E-state index is -4.08. The van der Waals surface area contributed by atoms with Crippen molar-refractivity contribution in [1.82, 2.24) is 10.2 Å². The molecule has 1 N–H and O–H groups in total. The van der Waals surface area contributed by atoms with Gasteiger partial charge in [0, 0.05) is 12.6 Å². The summed E-state index contributed by atoms with van der Waals surface area (Å²) in [6.07, 6.45) is 1.14.